The third kappa shape index (κ3) is 5.07. The van der Waals surface area contributed by atoms with Crippen molar-refractivity contribution in [1.29, 1.82) is 0 Å². The first-order valence-corrected chi connectivity index (χ1v) is 8.82. The fourth-order valence-corrected chi connectivity index (χ4v) is 2.84. The van der Waals surface area contributed by atoms with E-state index in [1.807, 2.05) is 0 Å². The number of aromatic nitrogens is 2. The van der Waals surface area contributed by atoms with Crippen LogP contribution in [0.15, 0.2) is 30.6 Å². The Morgan fingerprint density at radius 3 is 2.52 bits per heavy atom. The molecule has 2 aromatic rings. The molecule has 2 heterocycles. The van der Waals surface area contributed by atoms with Crippen molar-refractivity contribution in [2.75, 3.05) is 13.1 Å². The number of likely N-dealkylation sites (tertiary alicyclic amines) is 1. The summed E-state index contributed by atoms with van der Waals surface area (Å²) in [5.74, 6) is -0.424. The fourth-order valence-electron chi connectivity index (χ4n) is 2.84. The highest BCUT2D eigenvalue weighted by molar-refractivity contribution is 5.81. The summed E-state index contributed by atoms with van der Waals surface area (Å²) in [5.41, 5.74) is 0.0756. The maximum Gasteiger partial charge on any atom is 0.573 e. The van der Waals surface area contributed by atoms with E-state index in [0.717, 1.165) is 6.07 Å². The summed E-state index contributed by atoms with van der Waals surface area (Å²) in [6.45, 7) is 6.06. The maximum atomic E-state index is 12.7. The van der Waals surface area contributed by atoms with Gasteiger partial charge in [-0.05, 0) is 39.0 Å². The maximum absolute atomic E-state index is 12.7. The molecule has 0 saturated carbocycles. The molecule has 156 valence electrons. The molecule has 1 aliphatic heterocycles. The van der Waals surface area contributed by atoms with Crippen molar-refractivity contribution >= 4 is 12.4 Å². The minimum Gasteiger partial charge on any atom is -0.444 e. The summed E-state index contributed by atoms with van der Waals surface area (Å²) in [6, 6.07) is 3.52. The highest BCUT2D eigenvalue weighted by atomic mass is 19.4. The Balaban J connectivity index is 1.76. The normalized spacial score (nSPS) is 15.0. The Bertz CT molecular complexity index is 912. The Hall–Kier alpha value is -3.04. The van der Waals surface area contributed by atoms with Gasteiger partial charge in [-0.1, -0.05) is 0 Å². The molecule has 0 N–H and O–H groups in total. The number of carbonyl (C=O) groups is 2. The van der Waals surface area contributed by atoms with Crippen molar-refractivity contribution in [3.63, 3.8) is 0 Å². The molecular weight excluding hydrogens is 391 g/mol. The van der Waals surface area contributed by atoms with Gasteiger partial charge in [0, 0.05) is 36.0 Å². The van der Waals surface area contributed by atoms with Crippen molar-refractivity contribution in [3.05, 3.63) is 36.2 Å². The number of aldehydes is 1. The Kier molecular flexibility index (Phi) is 5.29. The molecule has 0 bridgehead atoms. The van der Waals surface area contributed by atoms with Crippen LogP contribution < -0.4 is 4.74 Å². The summed E-state index contributed by atoms with van der Waals surface area (Å²) in [5, 5.41) is 4.19. The number of amides is 1. The molecule has 1 saturated heterocycles. The van der Waals surface area contributed by atoms with Crippen LogP contribution in [0.4, 0.5) is 18.0 Å². The van der Waals surface area contributed by atoms with Crippen LogP contribution >= 0.6 is 0 Å². The number of benzene rings is 1. The zero-order chi connectivity index (χ0) is 21.4. The van der Waals surface area contributed by atoms with Crippen LogP contribution in [0.5, 0.6) is 5.75 Å². The molecule has 10 heteroatoms. The van der Waals surface area contributed by atoms with Crippen molar-refractivity contribution < 1.29 is 32.2 Å². The molecule has 7 nitrogen and oxygen atoms in total. The van der Waals surface area contributed by atoms with Gasteiger partial charge < -0.3 is 14.4 Å². The lowest BCUT2D eigenvalue weighted by molar-refractivity contribution is -0.274. The van der Waals surface area contributed by atoms with E-state index in [1.165, 1.54) is 23.2 Å². The van der Waals surface area contributed by atoms with Gasteiger partial charge in [-0.15, -0.1) is 13.2 Å². The van der Waals surface area contributed by atoms with Crippen LogP contribution in [0.25, 0.3) is 11.1 Å². The van der Waals surface area contributed by atoms with Crippen LogP contribution in [-0.2, 0) is 4.74 Å². The summed E-state index contributed by atoms with van der Waals surface area (Å²) >= 11 is 0. The number of carbonyl (C=O) groups excluding carboxylic acids is 2. The van der Waals surface area contributed by atoms with Gasteiger partial charge in [0.2, 0.25) is 0 Å². The van der Waals surface area contributed by atoms with Gasteiger partial charge in [-0.2, -0.15) is 5.10 Å². The molecule has 29 heavy (non-hydrogen) atoms. The first-order chi connectivity index (χ1) is 13.4. The number of rotatable bonds is 4. The second-order valence-electron chi connectivity index (χ2n) is 7.67. The predicted octanol–water partition coefficient (Wildman–Crippen LogP) is 4.05. The van der Waals surface area contributed by atoms with Gasteiger partial charge in [0.15, 0.2) is 0 Å². The van der Waals surface area contributed by atoms with Crippen LogP contribution in [0.3, 0.4) is 0 Å². The molecule has 0 radical (unpaired) electrons. The highest BCUT2D eigenvalue weighted by Gasteiger charge is 2.36. The molecule has 1 amide bonds. The summed E-state index contributed by atoms with van der Waals surface area (Å²) < 4.78 is 49.0. The zero-order valence-electron chi connectivity index (χ0n) is 16.1. The van der Waals surface area contributed by atoms with E-state index in [-0.39, 0.29) is 17.2 Å². The van der Waals surface area contributed by atoms with Gasteiger partial charge in [0.25, 0.3) is 0 Å². The summed E-state index contributed by atoms with van der Waals surface area (Å²) in [7, 11) is 0. The van der Waals surface area contributed by atoms with Crippen molar-refractivity contribution in [3.8, 4) is 16.9 Å². The Labute approximate surface area is 165 Å². The third-order valence-electron chi connectivity index (χ3n) is 4.17. The standard InChI is InChI=1S/C19H20F3N3O4/c1-18(2,3)29-17(27)24-9-14(10-24)25-8-13(7-23-25)15-6-12(11-26)4-5-16(15)28-19(20,21)22/h4-8,11,14H,9-10H2,1-3H3. The van der Waals surface area contributed by atoms with Crippen LogP contribution in [0.1, 0.15) is 37.2 Å². The molecule has 0 aliphatic carbocycles. The SMILES string of the molecule is CC(C)(C)OC(=O)N1CC(n2cc(-c3cc(C=O)ccc3OC(F)(F)F)cn2)C1. The molecule has 0 atom stereocenters. The van der Waals surface area contributed by atoms with E-state index in [2.05, 4.69) is 9.84 Å². The van der Waals surface area contributed by atoms with Gasteiger partial charge in [0.1, 0.15) is 17.6 Å². The smallest absolute Gasteiger partial charge is 0.444 e. The van der Waals surface area contributed by atoms with Crippen LogP contribution in [0.2, 0.25) is 0 Å². The number of alkyl halides is 3. The highest BCUT2D eigenvalue weighted by Crippen LogP contribution is 2.35. The summed E-state index contributed by atoms with van der Waals surface area (Å²) in [6.07, 6.45) is -1.81. The van der Waals surface area contributed by atoms with E-state index in [1.54, 1.807) is 31.6 Å². The molecule has 3 rings (SSSR count). The number of nitrogens with zero attached hydrogens (tertiary/aromatic N) is 3. The number of hydrogen-bond acceptors (Lipinski definition) is 5. The van der Waals surface area contributed by atoms with Crippen molar-refractivity contribution in [2.24, 2.45) is 0 Å². The minimum absolute atomic E-state index is 0.0986. The molecule has 0 unspecified atom stereocenters. The zero-order valence-corrected chi connectivity index (χ0v) is 16.1. The number of halogens is 3. The average molecular weight is 411 g/mol. The average Bonchev–Trinajstić information content (AvgIpc) is 3.00. The molecule has 0 spiro atoms. The molecule has 1 aromatic carbocycles. The molecular formula is C19H20F3N3O4. The first-order valence-electron chi connectivity index (χ1n) is 8.82. The quantitative estimate of drug-likeness (QED) is 0.710. The monoisotopic (exact) mass is 411 g/mol. The van der Waals surface area contributed by atoms with Crippen molar-refractivity contribution in [2.45, 2.75) is 38.8 Å². The van der Waals surface area contributed by atoms with E-state index in [4.69, 9.17) is 4.74 Å². The van der Waals surface area contributed by atoms with E-state index in [0.29, 0.717) is 24.9 Å². The Morgan fingerprint density at radius 2 is 1.93 bits per heavy atom. The molecule has 1 aromatic heterocycles. The van der Waals surface area contributed by atoms with Crippen molar-refractivity contribution in [1.82, 2.24) is 14.7 Å². The van der Waals surface area contributed by atoms with Gasteiger partial charge in [-0.3, -0.25) is 9.48 Å². The molecule has 1 fully saturated rings. The number of hydrogen-bond donors (Lipinski definition) is 0. The summed E-state index contributed by atoms with van der Waals surface area (Å²) in [4.78, 5) is 24.5. The lowest BCUT2D eigenvalue weighted by atomic mass is 10.1. The second-order valence-corrected chi connectivity index (χ2v) is 7.67. The topological polar surface area (TPSA) is 73.7 Å². The lowest BCUT2D eigenvalue weighted by Crippen LogP contribution is -2.52. The third-order valence-corrected chi connectivity index (χ3v) is 4.17. The fraction of sp³-hybridized carbons (Fsp3) is 0.421. The van der Waals surface area contributed by atoms with E-state index in [9.17, 15) is 22.8 Å². The lowest BCUT2D eigenvalue weighted by Gasteiger charge is -2.39. The van der Waals surface area contributed by atoms with Gasteiger partial charge in [0.05, 0.1) is 12.2 Å². The van der Waals surface area contributed by atoms with Gasteiger partial charge >= 0.3 is 12.5 Å². The van der Waals surface area contributed by atoms with Crippen LogP contribution in [0, 0.1) is 0 Å². The predicted molar refractivity (Wildman–Crippen MR) is 96.6 cm³/mol. The Morgan fingerprint density at radius 1 is 1.24 bits per heavy atom. The first kappa shape index (κ1) is 20.7. The largest absolute Gasteiger partial charge is 0.573 e. The van der Waals surface area contributed by atoms with E-state index < -0.39 is 23.8 Å². The van der Waals surface area contributed by atoms with Crippen LogP contribution in [-0.4, -0.2) is 52.1 Å². The van der Waals surface area contributed by atoms with Gasteiger partial charge in [-0.25, -0.2) is 4.79 Å². The van der Waals surface area contributed by atoms with E-state index >= 15 is 0 Å². The second kappa shape index (κ2) is 7.41. The minimum atomic E-state index is -4.87. The molecule has 1 aliphatic rings. The number of ether oxygens (including phenoxy) is 2.